The van der Waals surface area contributed by atoms with Crippen LogP contribution in [-0.4, -0.2) is 23.2 Å². The molecule has 0 aromatic heterocycles. The van der Waals surface area contributed by atoms with Crippen molar-refractivity contribution >= 4 is 13.2 Å². The van der Waals surface area contributed by atoms with E-state index in [-0.39, 0.29) is 5.75 Å². The highest BCUT2D eigenvalue weighted by Crippen LogP contribution is 2.56. The molecule has 0 heterocycles. The molecule has 0 atom stereocenters. The van der Waals surface area contributed by atoms with Gasteiger partial charge in [-0.2, -0.15) is 13.9 Å². The summed E-state index contributed by atoms with van der Waals surface area (Å²) in [4.78, 5) is 10.5. The van der Waals surface area contributed by atoms with Crippen LogP contribution in [0.25, 0.3) is 0 Å². The number of aromatic hydroxyl groups is 1. The first-order valence-electron chi connectivity index (χ1n) is 6.22. The smallest absolute Gasteiger partial charge is 0.446 e. The van der Waals surface area contributed by atoms with Crippen LogP contribution in [-0.2, 0) is 15.5 Å². The Bertz CT molecular complexity index is 400. The van der Waals surface area contributed by atoms with Crippen LogP contribution in [0, 0.1) is 6.92 Å². The number of benzene rings is 1. The third kappa shape index (κ3) is 3.21. The second-order valence-electron chi connectivity index (χ2n) is 3.98. The van der Waals surface area contributed by atoms with Gasteiger partial charge in [-0.3, -0.25) is 0 Å². The summed E-state index contributed by atoms with van der Waals surface area (Å²) in [7, 11) is -3.02. The molecule has 0 aliphatic heterocycles. The van der Waals surface area contributed by atoms with E-state index < -0.39 is 7.94 Å². The summed E-state index contributed by atoms with van der Waals surface area (Å²) in [6.07, 6.45) is 0.693. The van der Waals surface area contributed by atoms with E-state index in [0.717, 1.165) is 11.1 Å². The van der Waals surface area contributed by atoms with Crippen LogP contribution in [0.4, 0.5) is 0 Å². The molecule has 0 amide bonds. The molecular weight excluding hydrogens is 251 g/mol. The molecule has 102 valence electrons. The van der Waals surface area contributed by atoms with Crippen LogP contribution >= 0.6 is 7.94 Å². The Kier molecular flexibility index (Phi) is 5.54. The number of rotatable bonds is 6. The highest BCUT2D eigenvalue weighted by Gasteiger charge is 2.44. The molecule has 5 heteroatoms. The van der Waals surface area contributed by atoms with Crippen molar-refractivity contribution in [3.8, 4) is 5.75 Å². The normalized spacial score (nSPS) is 11.8. The number of hydrogen-bond acceptors (Lipinski definition) is 4. The van der Waals surface area contributed by atoms with Crippen molar-refractivity contribution in [3.63, 3.8) is 0 Å². The highest BCUT2D eigenvalue weighted by atomic mass is 31.2. The quantitative estimate of drug-likeness (QED) is 0.782. The lowest BCUT2D eigenvalue weighted by atomic mass is 10.1. The third-order valence-electron chi connectivity index (χ3n) is 2.68. The minimum atomic E-state index is -3.02. The molecule has 1 aromatic carbocycles. The van der Waals surface area contributed by atoms with Crippen LogP contribution < -0.4 is 5.30 Å². The zero-order valence-corrected chi connectivity index (χ0v) is 12.3. The summed E-state index contributed by atoms with van der Waals surface area (Å²) in [5, 5.41) is 10.5. The SMILES string of the molecule is CCO[P+](O)(OCC)c1cc(C)c(O)c(CC)c1. The Balaban J connectivity index is 3.24. The summed E-state index contributed by atoms with van der Waals surface area (Å²) in [5.41, 5.74) is 1.52. The van der Waals surface area contributed by atoms with E-state index in [0.29, 0.717) is 24.9 Å². The maximum Gasteiger partial charge on any atom is 0.446 e. The number of aryl methyl sites for hydroxylation is 2. The average Bonchev–Trinajstić information content (AvgIpc) is 2.33. The summed E-state index contributed by atoms with van der Waals surface area (Å²) >= 11 is 0. The molecule has 0 saturated heterocycles. The average molecular weight is 273 g/mol. The standard InChI is InChI=1S/C13H21O4P/c1-5-11-9-12(8-10(4)13(11)14)18(15,16-6-2)17-7-3/h8-9,15H,5-7H2,1-4H3/p+1. The van der Waals surface area contributed by atoms with Crippen molar-refractivity contribution in [2.45, 2.75) is 34.1 Å². The lowest BCUT2D eigenvalue weighted by Gasteiger charge is -2.17. The fourth-order valence-electron chi connectivity index (χ4n) is 1.80. The maximum absolute atomic E-state index is 10.5. The van der Waals surface area contributed by atoms with Gasteiger partial charge in [-0.05, 0) is 50.5 Å². The van der Waals surface area contributed by atoms with Gasteiger partial charge in [0, 0.05) is 0 Å². The maximum atomic E-state index is 10.5. The Morgan fingerprint density at radius 3 is 2.11 bits per heavy atom. The van der Waals surface area contributed by atoms with Crippen LogP contribution in [0.15, 0.2) is 12.1 Å². The van der Waals surface area contributed by atoms with Crippen molar-refractivity contribution in [1.82, 2.24) is 0 Å². The van der Waals surface area contributed by atoms with Gasteiger partial charge in [0.2, 0.25) is 0 Å². The van der Waals surface area contributed by atoms with Crippen LogP contribution in [0.3, 0.4) is 0 Å². The minimum Gasteiger partial charge on any atom is -0.507 e. The summed E-state index contributed by atoms with van der Waals surface area (Å²) in [6.45, 7) is 8.16. The lowest BCUT2D eigenvalue weighted by Crippen LogP contribution is -2.17. The lowest BCUT2D eigenvalue weighted by molar-refractivity contribution is 0.200. The molecule has 1 aromatic rings. The number of hydrogen-bond donors (Lipinski definition) is 2. The monoisotopic (exact) mass is 273 g/mol. The first kappa shape index (κ1) is 15.4. The molecule has 18 heavy (non-hydrogen) atoms. The van der Waals surface area contributed by atoms with Gasteiger partial charge in [-0.15, -0.1) is 0 Å². The van der Waals surface area contributed by atoms with Gasteiger partial charge in [0.1, 0.15) is 5.75 Å². The first-order valence-corrected chi connectivity index (χ1v) is 7.80. The van der Waals surface area contributed by atoms with Crippen LogP contribution in [0.2, 0.25) is 0 Å². The van der Waals surface area contributed by atoms with Gasteiger partial charge in [0.15, 0.2) is 5.30 Å². The third-order valence-corrected chi connectivity index (χ3v) is 4.81. The fourth-order valence-corrected chi connectivity index (χ4v) is 3.55. The van der Waals surface area contributed by atoms with E-state index in [1.807, 2.05) is 20.8 Å². The van der Waals surface area contributed by atoms with Crippen molar-refractivity contribution in [2.75, 3.05) is 13.2 Å². The van der Waals surface area contributed by atoms with Gasteiger partial charge in [0.05, 0.1) is 13.2 Å². The van der Waals surface area contributed by atoms with E-state index in [4.69, 9.17) is 9.05 Å². The molecule has 0 saturated carbocycles. The molecule has 0 radical (unpaired) electrons. The zero-order valence-electron chi connectivity index (χ0n) is 11.4. The van der Waals surface area contributed by atoms with Crippen molar-refractivity contribution in [3.05, 3.63) is 23.3 Å². The predicted molar refractivity (Wildman–Crippen MR) is 74.2 cm³/mol. The summed E-state index contributed by atoms with van der Waals surface area (Å²) in [6, 6.07) is 3.50. The molecule has 0 unspecified atom stereocenters. The largest absolute Gasteiger partial charge is 0.507 e. The van der Waals surface area contributed by atoms with Crippen LogP contribution in [0.5, 0.6) is 5.75 Å². The molecule has 0 aliphatic carbocycles. The second kappa shape index (κ2) is 6.48. The topological polar surface area (TPSA) is 58.9 Å². The number of phenols is 1. The minimum absolute atomic E-state index is 0.279. The van der Waals surface area contributed by atoms with E-state index in [1.165, 1.54) is 0 Å². The predicted octanol–water partition coefficient (Wildman–Crippen LogP) is 2.72. The Morgan fingerprint density at radius 2 is 1.67 bits per heavy atom. The van der Waals surface area contributed by atoms with E-state index in [9.17, 15) is 10.00 Å². The second-order valence-corrected chi connectivity index (χ2v) is 6.05. The zero-order chi connectivity index (χ0) is 13.8. The van der Waals surface area contributed by atoms with E-state index in [1.54, 1.807) is 19.1 Å². The molecule has 2 N–H and O–H groups in total. The Hall–Kier alpha value is -0.670. The van der Waals surface area contributed by atoms with Crippen LogP contribution in [0.1, 0.15) is 31.9 Å². The molecule has 0 aliphatic rings. The van der Waals surface area contributed by atoms with Gasteiger partial charge in [-0.25, -0.2) is 0 Å². The van der Waals surface area contributed by atoms with Gasteiger partial charge < -0.3 is 5.11 Å². The molecule has 0 spiro atoms. The van der Waals surface area contributed by atoms with Gasteiger partial charge >= 0.3 is 7.94 Å². The van der Waals surface area contributed by atoms with E-state index in [2.05, 4.69) is 0 Å². The molecule has 0 bridgehead atoms. The van der Waals surface area contributed by atoms with E-state index >= 15 is 0 Å². The molecule has 4 nitrogen and oxygen atoms in total. The van der Waals surface area contributed by atoms with Crippen molar-refractivity contribution in [1.29, 1.82) is 0 Å². The molecular formula is C13H22O4P+. The summed E-state index contributed by atoms with van der Waals surface area (Å²) < 4.78 is 10.8. The van der Waals surface area contributed by atoms with Gasteiger partial charge in [0.25, 0.3) is 0 Å². The molecule has 1 rings (SSSR count). The number of phenolic OH excluding ortho intramolecular Hbond substituents is 1. The highest BCUT2D eigenvalue weighted by molar-refractivity contribution is 7.68. The molecule has 0 fully saturated rings. The Labute approximate surface area is 109 Å². The van der Waals surface area contributed by atoms with Crippen molar-refractivity contribution in [2.24, 2.45) is 0 Å². The summed E-state index contributed by atoms with van der Waals surface area (Å²) in [5.74, 6) is 0.279. The fraction of sp³-hybridized carbons (Fsp3) is 0.538. The first-order chi connectivity index (χ1) is 8.48. The van der Waals surface area contributed by atoms with Gasteiger partial charge in [-0.1, -0.05) is 6.92 Å². The van der Waals surface area contributed by atoms with Crippen molar-refractivity contribution < 1.29 is 19.0 Å². The Morgan fingerprint density at radius 1 is 1.11 bits per heavy atom.